The summed E-state index contributed by atoms with van der Waals surface area (Å²) in [6, 6.07) is 6.37. The molecule has 0 atom stereocenters. The van der Waals surface area contributed by atoms with Crippen molar-refractivity contribution in [3.8, 4) is 0 Å². The summed E-state index contributed by atoms with van der Waals surface area (Å²) >= 11 is 0. The molecule has 0 amide bonds. The van der Waals surface area contributed by atoms with Crippen molar-refractivity contribution in [2.45, 2.75) is 6.42 Å². The number of guanidine groups is 2. The van der Waals surface area contributed by atoms with E-state index in [-0.39, 0.29) is 11.8 Å². The van der Waals surface area contributed by atoms with Crippen molar-refractivity contribution in [2.75, 3.05) is 27.7 Å². The molecule has 0 fully saturated rings. The van der Waals surface area contributed by atoms with Crippen LogP contribution in [0.25, 0.3) is 0 Å². The van der Waals surface area contributed by atoms with Crippen molar-refractivity contribution < 1.29 is 4.39 Å². The average molecular weight is 265 g/mol. The number of likely N-dealkylation sites (N-methyl/N-ethyl adjacent to an activating group) is 1. The minimum absolute atomic E-state index is 0.103. The van der Waals surface area contributed by atoms with Crippen molar-refractivity contribution in [3.05, 3.63) is 35.6 Å². The number of halogens is 1. The number of hydrogen-bond donors (Lipinski definition) is 2. The second-order valence-corrected chi connectivity index (χ2v) is 4.49. The third kappa shape index (κ3) is 4.95. The van der Waals surface area contributed by atoms with Crippen molar-refractivity contribution >= 4 is 11.9 Å². The maximum Gasteiger partial charge on any atom is 0.220 e. The van der Waals surface area contributed by atoms with Gasteiger partial charge in [-0.25, -0.2) is 4.39 Å². The lowest BCUT2D eigenvalue weighted by atomic mass is 10.1. The van der Waals surface area contributed by atoms with Gasteiger partial charge in [-0.05, 0) is 24.1 Å². The largest absolute Gasteiger partial charge is 0.369 e. The number of aliphatic imine (C=N–C) groups is 1. The lowest BCUT2D eigenvalue weighted by Gasteiger charge is -2.19. The van der Waals surface area contributed by atoms with Crippen LogP contribution < -0.4 is 5.73 Å². The van der Waals surface area contributed by atoms with E-state index in [4.69, 9.17) is 11.1 Å². The number of nitrogens with zero attached hydrogens (tertiary/aromatic N) is 3. The summed E-state index contributed by atoms with van der Waals surface area (Å²) in [5, 5.41) is 7.58. The Bertz CT molecular complexity index is 453. The first kappa shape index (κ1) is 14.9. The molecule has 0 aliphatic rings. The van der Waals surface area contributed by atoms with Crippen LogP contribution in [0.15, 0.2) is 29.3 Å². The molecule has 0 saturated heterocycles. The summed E-state index contributed by atoms with van der Waals surface area (Å²) in [6.07, 6.45) is 0.738. The smallest absolute Gasteiger partial charge is 0.220 e. The van der Waals surface area contributed by atoms with Crippen molar-refractivity contribution in [3.63, 3.8) is 0 Å². The first-order valence-electron chi connectivity index (χ1n) is 5.95. The van der Waals surface area contributed by atoms with Crippen LogP contribution in [0.2, 0.25) is 0 Å². The number of nitrogens with one attached hydrogen (secondary N) is 1. The van der Waals surface area contributed by atoms with Crippen LogP contribution in [0.3, 0.4) is 0 Å². The summed E-state index contributed by atoms with van der Waals surface area (Å²) in [5.74, 6) is 0.157. The third-order valence-electron chi connectivity index (χ3n) is 2.68. The number of nitrogens with two attached hydrogens (primary N) is 1. The van der Waals surface area contributed by atoms with E-state index in [1.54, 1.807) is 36.0 Å². The Morgan fingerprint density at radius 1 is 1.26 bits per heavy atom. The highest BCUT2D eigenvalue weighted by atomic mass is 19.1. The molecule has 6 heteroatoms. The minimum atomic E-state index is -0.238. The van der Waals surface area contributed by atoms with Gasteiger partial charge in [0.15, 0.2) is 5.96 Å². The molecule has 0 spiro atoms. The number of hydrogen-bond acceptors (Lipinski definition) is 1. The molecular formula is C13H20FN5. The first-order chi connectivity index (χ1) is 8.90. The molecule has 0 unspecified atom stereocenters. The van der Waals surface area contributed by atoms with Gasteiger partial charge in [-0.1, -0.05) is 12.1 Å². The van der Waals surface area contributed by atoms with Gasteiger partial charge in [0.1, 0.15) is 5.82 Å². The van der Waals surface area contributed by atoms with E-state index in [0.717, 1.165) is 12.0 Å². The zero-order chi connectivity index (χ0) is 14.4. The molecule has 1 aromatic rings. The molecule has 0 aromatic heterocycles. The third-order valence-corrected chi connectivity index (χ3v) is 2.68. The Balaban J connectivity index is 2.53. The average Bonchev–Trinajstić information content (AvgIpc) is 2.37. The van der Waals surface area contributed by atoms with Gasteiger partial charge in [-0.15, -0.1) is 0 Å². The Morgan fingerprint density at radius 2 is 1.84 bits per heavy atom. The highest BCUT2D eigenvalue weighted by Gasteiger charge is 2.05. The van der Waals surface area contributed by atoms with Crippen LogP contribution in [0, 0.1) is 11.2 Å². The first-order valence-corrected chi connectivity index (χ1v) is 5.95. The highest BCUT2D eigenvalue weighted by Crippen LogP contribution is 2.04. The number of rotatable bonds is 3. The monoisotopic (exact) mass is 265 g/mol. The normalized spacial score (nSPS) is 11.3. The van der Waals surface area contributed by atoms with Crippen LogP contribution in [0.5, 0.6) is 0 Å². The van der Waals surface area contributed by atoms with Crippen LogP contribution in [-0.2, 0) is 6.42 Å². The van der Waals surface area contributed by atoms with E-state index in [2.05, 4.69) is 4.99 Å². The van der Waals surface area contributed by atoms with E-state index in [1.807, 2.05) is 7.05 Å². The topological polar surface area (TPSA) is 68.7 Å². The molecular weight excluding hydrogens is 245 g/mol. The van der Waals surface area contributed by atoms with Crippen LogP contribution in [0.4, 0.5) is 4.39 Å². The van der Waals surface area contributed by atoms with Crippen molar-refractivity contribution in [2.24, 2.45) is 10.7 Å². The molecule has 3 N–H and O–H groups in total. The van der Waals surface area contributed by atoms with Gasteiger partial charge in [-0.2, -0.15) is 4.99 Å². The fourth-order valence-electron chi connectivity index (χ4n) is 1.36. The highest BCUT2D eigenvalue weighted by molar-refractivity contribution is 5.92. The van der Waals surface area contributed by atoms with Gasteiger partial charge in [0.2, 0.25) is 5.96 Å². The predicted molar refractivity (Wildman–Crippen MR) is 75.8 cm³/mol. The Labute approximate surface area is 113 Å². The molecule has 5 nitrogen and oxygen atoms in total. The molecule has 0 saturated carbocycles. The second-order valence-electron chi connectivity index (χ2n) is 4.49. The van der Waals surface area contributed by atoms with Crippen LogP contribution in [0.1, 0.15) is 5.56 Å². The fraction of sp³-hybridized carbons (Fsp3) is 0.385. The summed E-state index contributed by atoms with van der Waals surface area (Å²) < 4.78 is 12.8. The van der Waals surface area contributed by atoms with Crippen LogP contribution >= 0.6 is 0 Å². The van der Waals surface area contributed by atoms with Gasteiger partial charge in [0.05, 0.1) is 0 Å². The van der Waals surface area contributed by atoms with Crippen LogP contribution in [-0.4, -0.2) is 49.4 Å². The quantitative estimate of drug-likeness (QED) is 0.635. The molecule has 1 aromatic carbocycles. The Kier molecular flexibility index (Phi) is 5.29. The SMILES string of the molecule is CN(C)C(=N)N=C(N)N(C)CCc1ccc(F)cc1. The lowest BCUT2D eigenvalue weighted by molar-refractivity contribution is 0.500. The van der Waals surface area contributed by atoms with E-state index < -0.39 is 0 Å². The molecule has 0 heterocycles. The van der Waals surface area contributed by atoms with Crippen molar-refractivity contribution in [1.82, 2.24) is 9.80 Å². The van der Waals surface area contributed by atoms with E-state index in [0.29, 0.717) is 12.5 Å². The summed E-state index contributed by atoms with van der Waals surface area (Å²) in [7, 11) is 5.28. The maximum atomic E-state index is 12.8. The van der Waals surface area contributed by atoms with Gasteiger partial charge < -0.3 is 15.5 Å². The minimum Gasteiger partial charge on any atom is -0.369 e. The lowest BCUT2D eigenvalue weighted by Crippen LogP contribution is -2.37. The molecule has 0 aliphatic heterocycles. The molecule has 1 rings (SSSR count). The van der Waals surface area contributed by atoms with Gasteiger partial charge in [0.25, 0.3) is 0 Å². The Hall–Kier alpha value is -2.11. The maximum absolute atomic E-state index is 12.8. The molecule has 104 valence electrons. The standard InChI is InChI=1S/C13H20FN5/c1-18(2)12(15)17-13(16)19(3)9-8-10-4-6-11(14)7-5-10/h4-7H,8-9H2,1-3H3,(H3,15,16,17). The van der Waals surface area contributed by atoms with Gasteiger partial charge >= 0.3 is 0 Å². The fourth-order valence-corrected chi connectivity index (χ4v) is 1.36. The zero-order valence-corrected chi connectivity index (χ0v) is 11.5. The molecule has 0 aliphatic carbocycles. The van der Waals surface area contributed by atoms with Crippen molar-refractivity contribution in [1.29, 1.82) is 5.41 Å². The molecule has 19 heavy (non-hydrogen) atoms. The summed E-state index contributed by atoms with van der Waals surface area (Å²) in [6.45, 7) is 0.654. The molecule has 0 radical (unpaired) electrons. The molecule has 0 bridgehead atoms. The van der Waals surface area contributed by atoms with Gasteiger partial charge in [0, 0.05) is 27.7 Å². The van der Waals surface area contributed by atoms with E-state index in [1.165, 1.54) is 12.1 Å². The van der Waals surface area contributed by atoms with Gasteiger partial charge in [-0.3, -0.25) is 5.41 Å². The van der Waals surface area contributed by atoms with E-state index in [9.17, 15) is 4.39 Å². The summed E-state index contributed by atoms with van der Waals surface area (Å²) in [5.41, 5.74) is 6.82. The Morgan fingerprint density at radius 3 is 2.37 bits per heavy atom. The summed E-state index contributed by atoms with van der Waals surface area (Å²) in [4.78, 5) is 7.31. The predicted octanol–water partition coefficient (Wildman–Crippen LogP) is 1.11. The second kappa shape index (κ2) is 6.72. The number of benzene rings is 1. The van der Waals surface area contributed by atoms with E-state index >= 15 is 0 Å². The zero-order valence-electron chi connectivity index (χ0n) is 11.5.